The number of pyridine rings is 1. The number of halogens is 1. The molecule has 2 N–H and O–H groups in total. The van der Waals surface area contributed by atoms with Crippen molar-refractivity contribution in [3.05, 3.63) is 57.8 Å². The lowest BCUT2D eigenvalue weighted by atomic mass is 10.1. The van der Waals surface area contributed by atoms with Gasteiger partial charge in [-0.1, -0.05) is 12.1 Å². The molecule has 0 atom stereocenters. The SMILES string of the molecule is Cc1cccc(CNc2cccc(Br)c2C(=O)O)n1. The molecular weight excluding hydrogens is 308 g/mol. The van der Waals surface area contributed by atoms with E-state index in [1.54, 1.807) is 18.2 Å². The van der Waals surface area contributed by atoms with Gasteiger partial charge >= 0.3 is 5.97 Å². The summed E-state index contributed by atoms with van der Waals surface area (Å²) in [4.78, 5) is 15.6. The molecular formula is C14H13BrN2O2. The molecule has 98 valence electrons. The monoisotopic (exact) mass is 320 g/mol. The second-order valence-electron chi connectivity index (χ2n) is 4.09. The van der Waals surface area contributed by atoms with E-state index in [0.717, 1.165) is 11.4 Å². The molecule has 0 unspecified atom stereocenters. The van der Waals surface area contributed by atoms with Gasteiger partial charge in [-0.05, 0) is 47.1 Å². The lowest BCUT2D eigenvalue weighted by Crippen LogP contribution is -2.08. The van der Waals surface area contributed by atoms with Gasteiger partial charge in [-0.2, -0.15) is 0 Å². The van der Waals surface area contributed by atoms with Crippen LogP contribution in [-0.4, -0.2) is 16.1 Å². The first-order valence-corrected chi connectivity index (χ1v) is 6.55. The number of carboxylic acid groups (broad SMARTS) is 1. The molecule has 0 aliphatic heterocycles. The van der Waals surface area contributed by atoms with Gasteiger partial charge in [0, 0.05) is 10.2 Å². The third-order valence-corrected chi connectivity index (χ3v) is 3.29. The van der Waals surface area contributed by atoms with Crippen LogP contribution in [0.5, 0.6) is 0 Å². The third-order valence-electron chi connectivity index (χ3n) is 2.63. The number of aromatic nitrogens is 1. The van der Waals surface area contributed by atoms with E-state index in [1.165, 1.54) is 0 Å². The first-order valence-electron chi connectivity index (χ1n) is 5.76. The summed E-state index contributed by atoms with van der Waals surface area (Å²) >= 11 is 3.25. The van der Waals surface area contributed by atoms with E-state index >= 15 is 0 Å². The minimum atomic E-state index is -0.966. The van der Waals surface area contributed by atoms with Crippen molar-refractivity contribution in [1.29, 1.82) is 0 Å². The Hall–Kier alpha value is -1.88. The number of nitrogens with one attached hydrogen (secondary N) is 1. The number of carbonyl (C=O) groups is 1. The number of hydrogen-bond acceptors (Lipinski definition) is 3. The van der Waals surface area contributed by atoms with Crippen LogP contribution >= 0.6 is 15.9 Å². The van der Waals surface area contributed by atoms with Crippen LogP contribution in [0.1, 0.15) is 21.7 Å². The zero-order valence-electron chi connectivity index (χ0n) is 10.4. The van der Waals surface area contributed by atoms with Gasteiger partial charge in [-0.25, -0.2) is 4.79 Å². The Morgan fingerprint density at radius 1 is 1.32 bits per heavy atom. The molecule has 2 aromatic rings. The molecule has 0 spiro atoms. The second kappa shape index (κ2) is 5.84. The van der Waals surface area contributed by atoms with E-state index in [4.69, 9.17) is 0 Å². The number of nitrogens with zero attached hydrogens (tertiary/aromatic N) is 1. The van der Waals surface area contributed by atoms with Crippen LogP contribution in [0.25, 0.3) is 0 Å². The number of hydrogen-bond donors (Lipinski definition) is 2. The normalized spacial score (nSPS) is 10.2. The van der Waals surface area contributed by atoms with E-state index in [1.807, 2.05) is 25.1 Å². The number of benzene rings is 1. The first kappa shape index (κ1) is 13.5. The van der Waals surface area contributed by atoms with Gasteiger partial charge < -0.3 is 10.4 Å². The fraction of sp³-hybridized carbons (Fsp3) is 0.143. The smallest absolute Gasteiger partial charge is 0.338 e. The minimum absolute atomic E-state index is 0.232. The number of carboxylic acids is 1. The molecule has 0 aliphatic carbocycles. The summed E-state index contributed by atoms with van der Waals surface area (Å²) in [6.07, 6.45) is 0. The largest absolute Gasteiger partial charge is 0.478 e. The molecule has 1 aromatic heterocycles. The van der Waals surface area contributed by atoms with Crippen LogP contribution < -0.4 is 5.32 Å². The molecule has 2 rings (SSSR count). The van der Waals surface area contributed by atoms with Crippen molar-refractivity contribution < 1.29 is 9.90 Å². The highest BCUT2D eigenvalue weighted by atomic mass is 79.9. The molecule has 4 nitrogen and oxygen atoms in total. The highest BCUT2D eigenvalue weighted by molar-refractivity contribution is 9.10. The van der Waals surface area contributed by atoms with Gasteiger partial charge in [0.25, 0.3) is 0 Å². The Balaban J connectivity index is 2.20. The standard InChI is InChI=1S/C14H13BrN2O2/c1-9-4-2-5-10(17-9)8-16-12-7-3-6-11(15)13(12)14(18)19/h2-7,16H,8H2,1H3,(H,18,19). The summed E-state index contributed by atoms with van der Waals surface area (Å²) < 4.78 is 0.558. The molecule has 19 heavy (non-hydrogen) atoms. The lowest BCUT2D eigenvalue weighted by molar-refractivity contribution is 0.0697. The van der Waals surface area contributed by atoms with E-state index < -0.39 is 5.97 Å². The molecule has 0 saturated carbocycles. The molecule has 5 heteroatoms. The fourth-order valence-corrected chi connectivity index (χ4v) is 2.31. The maximum Gasteiger partial charge on any atom is 0.338 e. The summed E-state index contributed by atoms with van der Waals surface area (Å²) in [6.45, 7) is 2.41. The average Bonchev–Trinajstić information content (AvgIpc) is 2.36. The van der Waals surface area contributed by atoms with Crippen molar-refractivity contribution in [2.75, 3.05) is 5.32 Å². The zero-order valence-corrected chi connectivity index (χ0v) is 11.9. The minimum Gasteiger partial charge on any atom is -0.478 e. The van der Waals surface area contributed by atoms with Crippen molar-refractivity contribution in [2.45, 2.75) is 13.5 Å². The van der Waals surface area contributed by atoms with Gasteiger partial charge in [0.2, 0.25) is 0 Å². The Bertz CT molecular complexity index is 614. The van der Waals surface area contributed by atoms with Gasteiger partial charge in [-0.3, -0.25) is 4.98 Å². The van der Waals surface area contributed by atoms with Gasteiger partial charge in [0.05, 0.1) is 23.5 Å². The van der Waals surface area contributed by atoms with Crippen molar-refractivity contribution in [1.82, 2.24) is 4.98 Å². The molecule has 1 heterocycles. The van der Waals surface area contributed by atoms with Crippen molar-refractivity contribution in [3.8, 4) is 0 Å². The molecule has 0 bridgehead atoms. The van der Waals surface area contributed by atoms with Crippen LogP contribution in [0.3, 0.4) is 0 Å². The van der Waals surface area contributed by atoms with Crippen LogP contribution in [-0.2, 0) is 6.54 Å². The lowest BCUT2D eigenvalue weighted by Gasteiger charge is -2.10. The number of anilines is 1. The number of aryl methyl sites for hydroxylation is 1. The summed E-state index contributed by atoms with van der Waals surface area (Å²) in [6, 6.07) is 11.0. The second-order valence-corrected chi connectivity index (χ2v) is 4.95. The van der Waals surface area contributed by atoms with E-state index in [0.29, 0.717) is 16.7 Å². The molecule has 0 amide bonds. The van der Waals surface area contributed by atoms with Gasteiger partial charge in [0.15, 0.2) is 0 Å². The zero-order chi connectivity index (χ0) is 13.8. The van der Waals surface area contributed by atoms with E-state index in [9.17, 15) is 9.90 Å². The average molecular weight is 321 g/mol. The topological polar surface area (TPSA) is 62.2 Å². The van der Waals surface area contributed by atoms with Crippen molar-refractivity contribution in [2.24, 2.45) is 0 Å². The Morgan fingerprint density at radius 3 is 2.74 bits per heavy atom. The highest BCUT2D eigenvalue weighted by Gasteiger charge is 2.13. The van der Waals surface area contributed by atoms with E-state index in [2.05, 4.69) is 26.2 Å². The predicted molar refractivity (Wildman–Crippen MR) is 77.4 cm³/mol. The molecule has 0 fully saturated rings. The predicted octanol–water partition coefficient (Wildman–Crippen LogP) is 3.46. The fourth-order valence-electron chi connectivity index (χ4n) is 1.77. The number of rotatable bonds is 4. The Morgan fingerprint density at radius 2 is 2.05 bits per heavy atom. The first-order chi connectivity index (χ1) is 9.08. The van der Waals surface area contributed by atoms with Crippen LogP contribution in [0.2, 0.25) is 0 Å². The maximum atomic E-state index is 11.2. The number of aromatic carboxylic acids is 1. The Labute approximate surface area is 119 Å². The summed E-state index contributed by atoms with van der Waals surface area (Å²) in [5.41, 5.74) is 2.61. The molecule has 0 saturated heterocycles. The van der Waals surface area contributed by atoms with Crippen LogP contribution in [0.4, 0.5) is 5.69 Å². The van der Waals surface area contributed by atoms with Crippen LogP contribution in [0, 0.1) is 6.92 Å². The van der Waals surface area contributed by atoms with Gasteiger partial charge in [-0.15, -0.1) is 0 Å². The molecule has 0 aliphatic rings. The third kappa shape index (κ3) is 3.32. The Kier molecular flexibility index (Phi) is 4.16. The maximum absolute atomic E-state index is 11.2. The van der Waals surface area contributed by atoms with Crippen LogP contribution in [0.15, 0.2) is 40.9 Å². The quantitative estimate of drug-likeness (QED) is 0.905. The summed E-state index contributed by atoms with van der Waals surface area (Å²) in [5.74, 6) is -0.966. The summed E-state index contributed by atoms with van der Waals surface area (Å²) in [7, 11) is 0. The molecule has 0 radical (unpaired) electrons. The van der Waals surface area contributed by atoms with Gasteiger partial charge in [0.1, 0.15) is 0 Å². The van der Waals surface area contributed by atoms with Crippen molar-refractivity contribution in [3.63, 3.8) is 0 Å². The van der Waals surface area contributed by atoms with E-state index in [-0.39, 0.29) is 5.56 Å². The molecule has 1 aromatic carbocycles. The highest BCUT2D eigenvalue weighted by Crippen LogP contribution is 2.25. The van der Waals surface area contributed by atoms with Crippen molar-refractivity contribution >= 4 is 27.6 Å². The summed E-state index contributed by atoms with van der Waals surface area (Å²) in [5, 5.41) is 12.3.